The lowest BCUT2D eigenvalue weighted by atomic mass is 10.0. The molecule has 3 atom stereocenters. The SMILES string of the molecule is CCC(N)C(N(C)C(C)CC)C(F)(F)F. The van der Waals surface area contributed by atoms with Crippen LogP contribution >= 0.6 is 0 Å². The summed E-state index contributed by atoms with van der Waals surface area (Å²) in [6, 6.07) is -2.52. The van der Waals surface area contributed by atoms with E-state index in [4.69, 9.17) is 5.73 Å². The van der Waals surface area contributed by atoms with Gasteiger partial charge < -0.3 is 5.73 Å². The van der Waals surface area contributed by atoms with Crippen LogP contribution in [-0.2, 0) is 0 Å². The molecule has 0 saturated heterocycles. The Morgan fingerprint density at radius 3 is 1.93 bits per heavy atom. The number of likely N-dealkylation sites (N-methyl/N-ethyl adjacent to an activating group) is 1. The smallest absolute Gasteiger partial charge is 0.326 e. The van der Waals surface area contributed by atoms with Gasteiger partial charge in [-0.15, -0.1) is 0 Å². The predicted octanol–water partition coefficient (Wildman–Crippen LogP) is 2.38. The second-order valence-electron chi connectivity index (χ2n) is 3.98. The normalized spacial score (nSPS) is 19.0. The van der Waals surface area contributed by atoms with Gasteiger partial charge in [-0.3, -0.25) is 4.90 Å². The quantitative estimate of drug-likeness (QED) is 0.780. The van der Waals surface area contributed by atoms with Crippen molar-refractivity contribution >= 4 is 0 Å². The molecule has 0 heterocycles. The lowest BCUT2D eigenvalue weighted by Gasteiger charge is -2.37. The maximum atomic E-state index is 12.8. The van der Waals surface area contributed by atoms with Crippen LogP contribution in [0.1, 0.15) is 33.6 Å². The predicted molar refractivity (Wildman–Crippen MR) is 55.6 cm³/mol. The van der Waals surface area contributed by atoms with Crippen LogP contribution in [0.25, 0.3) is 0 Å². The highest BCUT2D eigenvalue weighted by molar-refractivity contribution is 4.87. The molecule has 0 fully saturated rings. The first kappa shape index (κ1) is 14.7. The molecule has 0 radical (unpaired) electrons. The van der Waals surface area contributed by atoms with Crippen LogP contribution in [0, 0.1) is 0 Å². The molecular weight excluding hydrogens is 205 g/mol. The van der Waals surface area contributed by atoms with E-state index in [2.05, 4.69) is 0 Å². The minimum absolute atomic E-state index is 0.116. The number of nitrogens with zero attached hydrogens (tertiary/aromatic N) is 1. The third-order valence-electron chi connectivity index (χ3n) is 2.94. The maximum Gasteiger partial charge on any atom is 0.405 e. The fourth-order valence-corrected chi connectivity index (χ4v) is 1.56. The van der Waals surface area contributed by atoms with E-state index < -0.39 is 18.3 Å². The van der Waals surface area contributed by atoms with E-state index in [0.717, 1.165) is 0 Å². The number of hydrogen-bond donors (Lipinski definition) is 1. The van der Waals surface area contributed by atoms with Gasteiger partial charge in [0.2, 0.25) is 0 Å². The summed E-state index contributed by atoms with van der Waals surface area (Å²) < 4.78 is 38.3. The van der Waals surface area contributed by atoms with Crippen molar-refractivity contribution in [2.75, 3.05) is 7.05 Å². The van der Waals surface area contributed by atoms with E-state index in [1.165, 1.54) is 11.9 Å². The second-order valence-corrected chi connectivity index (χ2v) is 3.98. The van der Waals surface area contributed by atoms with Crippen molar-refractivity contribution < 1.29 is 13.2 Å². The Labute approximate surface area is 89.6 Å². The molecule has 0 aromatic carbocycles. The number of halogens is 3. The Balaban J connectivity index is 4.78. The van der Waals surface area contributed by atoms with Crippen LogP contribution in [0.4, 0.5) is 13.2 Å². The minimum atomic E-state index is -4.26. The third-order valence-corrected chi connectivity index (χ3v) is 2.94. The lowest BCUT2D eigenvalue weighted by molar-refractivity contribution is -0.190. The molecule has 0 rings (SSSR count). The Morgan fingerprint density at radius 2 is 1.67 bits per heavy atom. The molecule has 2 N–H and O–H groups in total. The van der Waals surface area contributed by atoms with E-state index in [9.17, 15) is 13.2 Å². The van der Waals surface area contributed by atoms with Gasteiger partial charge in [0.25, 0.3) is 0 Å². The number of rotatable bonds is 5. The van der Waals surface area contributed by atoms with Crippen LogP contribution < -0.4 is 5.73 Å². The van der Waals surface area contributed by atoms with Crippen molar-refractivity contribution in [2.45, 2.75) is 57.9 Å². The number of hydrogen-bond acceptors (Lipinski definition) is 2. The van der Waals surface area contributed by atoms with Gasteiger partial charge in [-0.25, -0.2) is 0 Å². The Bertz CT molecular complexity index is 182. The van der Waals surface area contributed by atoms with Gasteiger partial charge in [-0.1, -0.05) is 13.8 Å². The molecule has 2 nitrogen and oxygen atoms in total. The first-order chi connectivity index (χ1) is 6.75. The monoisotopic (exact) mass is 226 g/mol. The van der Waals surface area contributed by atoms with Crippen molar-refractivity contribution in [3.8, 4) is 0 Å². The van der Waals surface area contributed by atoms with Crippen molar-refractivity contribution in [3.05, 3.63) is 0 Å². The van der Waals surface area contributed by atoms with Gasteiger partial charge >= 0.3 is 6.18 Å². The zero-order valence-electron chi connectivity index (χ0n) is 9.80. The molecule has 0 amide bonds. The van der Waals surface area contributed by atoms with E-state index in [-0.39, 0.29) is 6.04 Å². The van der Waals surface area contributed by atoms with E-state index in [0.29, 0.717) is 12.8 Å². The summed E-state index contributed by atoms with van der Waals surface area (Å²) in [7, 11) is 1.49. The van der Waals surface area contributed by atoms with Crippen molar-refractivity contribution in [3.63, 3.8) is 0 Å². The third kappa shape index (κ3) is 3.99. The molecule has 3 unspecified atom stereocenters. The minimum Gasteiger partial charge on any atom is -0.326 e. The summed E-state index contributed by atoms with van der Waals surface area (Å²) in [4.78, 5) is 1.33. The van der Waals surface area contributed by atoms with Gasteiger partial charge in [0, 0.05) is 12.1 Å². The van der Waals surface area contributed by atoms with Gasteiger partial charge in [0.05, 0.1) is 0 Å². The summed E-state index contributed by atoms with van der Waals surface area (Å²) in [5.74, 6) is 0. The maximum absolute atomic E-state index is 12.8. The Hall–Kier alpha value is -0.290. The molecule has 0 aromatic heterocycles. The fraction of sp³-hybridized carbons (Fsp3) is 1.00. The highest BCUT2D eigenvalue weighted by atomic mass is 19.4. The standard InChI is InChI=1S/C10H21F3N2/c1-5-7(3)15(4)9(8(14)6-2)10(11,12)13/h7-9H,5-6,14H2,1-4H3. The number of alkyl halides is 3. The largest absolute Gasteiger partial charge is 0.405 e. The first-order valence-corrected chi connectivity index (χ1v) is 5.29. The topological polar surface area (TPSA) is 29.3 Å². The average molecular weight is 226 g/mol. The van der Waals surface area contributed by atoms with Crippen LogP contribution in [0.15, 0.2) is 0 Å². The Morgan fingerprint density at radius 1 is 1.20 bits per heavy atom. The zero-order chi connectivity index (χ0) is 12.2. The first-order valence-electron chi connectivity index (χ1n) is 5.29. The highest BCUT2D eigenvalue weighted by Crippen LogP contribution is 2.28. The van der Waals surface area contributed by atoms with E-state index in [1.807, 2.05) is 6.92 Å². The van der Waals surface area contributed by atoms with Crippen LogP contribution in [0.5, 0.6) is 0 Å². The molecule has 0 aromatic rings. The van der Waals surface area contributed by atoms with E-state index in [1.54, 1.807) is 13.8 Å². The Kier molecular flexibility index (Phi) is 5.59. The molecule has 0 saturated carbocycles. The summed E-state index contributed by atoms with van der Waals surface area (Å²) in [5.41, 5.74) is 5.54. The highest BCUT2D eigenvalue weighted by Gasteiger charge is 2.46. The second kappa shape index (κ2) is 5.70. The summed E-state index contributed by atoms with van der Waals surface area (Å²) >= 11 is 0. The molecule has 0 aliphatic heterocycles. The molecule has 0 spiro atoms. The van der Waals surface area contributed by atoms with Gasteiger partial charge in [-0.05, 0) is 26.8 Å². The van der Waals surface area contributed by atoms with Crippen LogP contribution in [0.3, 0.4) is 0 Å². The van der Waals surface area contributed by atoms with E-state index >= 15 is 0 Å². The van der Waals surface area contributed by atoms with Crippen molar-refractivity contribution in [1.82, 2.24) is 4.90 Å². The zero-order valence-corrected chi connectivity index (χ0v) is 9.80. The van der Waals surface area contributed by atoms with Crippen molar-refractivity contribution in [2.24, 2.45) is 5.73 Å². The number of nitrogens with two attached hydrogens (primary N) is 1. The van der Waals surface area contributed by atoms with Gasteiger partial charge in [0.1, 0.15) is 6.04 Å². The average Bonchev–Trinajstić information content (AvgIpc) is 2.14. The molecule has 5 heteroatoms. The van der Waals surface area contributed by atoms with Gasteiger partial charge in [-0.2, -0.15) is 13.2 Å². The summed E-state index contributed by atoms with van der Waals surface area (Å²) in [6.07, 6.45) is -3.25. The molecule has 0 aliphatic carbocycles. The molecule has 0 bridgehead atoms. The van der Waals surface area contributed by atoms with Crippen molar-refractivity contribution in [1.29, 1.82) is 0 Å². The lowest BCUT2D eigenvalue weighted by Crippen LogP contribution is -2.56. The summed E-state index contributed by atoms with van der Waals surface area (Å²) in [5, 5.41) is 0. The van der Waals surface area contributed by atoms with Gasteiger partial charge in [0.15, 0.2) is 0 Å². The van der Waals surface area contributed by atoms with Crippen LogP contribution in [0.2, 0.25) is 0 Å². The molecule has 0 aliphatic rings. The molecule has 15 heavy (non-hydrogen) atoms. The van der Waals surface area contributed by atoms with Crippen LogP contribution in [-0.4, -0.2) is 36.2 Å². The fourth-order valence-electron chi connectivity index (χ4n) is 1.56. The summed E-state index contributed by atoms with van der Waals surface area (Å²) in [6.45, 7) is 5.32. The molecule has 92 valence electrons. The molecular formula is C10H21F3N2.